The molecule has 6 nitrogen and oxygen atoms in total. The minimum Gasteiger partial charge on any atom is -0.480 e. The van der Waals surface area contributed by atoms with E-state index in [1.54, 1.807) is 11.8 Å². The molecule has 45 heavy (non-hydrogen) atoms. The van der Waals surface area contributed by atoms with E-state index in [1.165, 1.54) is 56.9 Å². The fourth-order valence-electron chi connectivity index (χ4n) is 6.53. The highest BCUT2D eigenvalue weighted by atomic mass is 32.2. The second-order valence-electron chi connectivity index (χ2n) is 13.4. The van der Waals surface area contributed by atoms with Crippen LogP contribution in [0.3, 0.4) is 0 Å². The fraction of sp³-hybridized carbons (Fsp3) is 0.632. The molecule has 2 aromatic rings. The summed E-state index contributed by atoms with van der Waals surface area (Å²) in [5.41, 5.74) is 4.65. The molecule has 1 amide bonds. The van der Waals surface area contributed by atoms with E-state index in [0.29, 0.717) is 35.7 Å². The Hall–Kier alpha value is -2.35. The van der Waals surface area contributed by atoms with Crippen molar-refractivity contribution in [2.24, 2.45) is 11.8 Å². The Morgan fingerprint density at radius 1 is 1.02 bits per heavy atom. The molecule has 4 rings (SSSR count). The third-order valence-electron chi connectivity index (χ3n) is 9.31. The predicted octanol–water partition coefficient (Wildman–Crippen LogP) is 8.60. The average Bonchev–Trinajstić information content (AvgIpc) is 3.85. The lowest BCUT2D eigenvalue weighted by atomic mass is 9.84. The summed E-state index contributed by atoms with van der Waals surface area (Å²) >= 11 is 1.58. The maximum absolute atomic E-state index is 13.6. The van der Waals surface area contributed by atoms with Gasteiger partial charge in [-0.1, -0.05) is 83.7 Å². The normalized spacial score (nSPS) is 16.8. The summed E-state index contributed by atoms with van der Waals surface area (Å²) in [6.07, 6.45) is 13.8. The Labute approximate surface area is 277 Å². The lowest BCUT2D eigenvalue weighted by Crippen LogP contribution is -2.42. The Balaban J connectivity index is 0.00000552. The second kappa shape index (κ2) is 18.7. The lowest BCUT2D eigenvalue weighted by molar-refractivity contribution is -0.139. The van der Waals surface area contributed by atoms with Crippen LogP contribution in [0, 0.1) is 18.8 Å². The highest BCUT2D eigenvalue weighted by Gasteiger charge is 2.35. The summed E-state index contributed by atoms with van der Waals surface area (Å²) in [7, 11) is 0. The summed E-state index contributed by atoms with van der Waals surface area (Å²) in [5, 5.41) is 12.6. The number of carbonyl (C=O) groups is 2. The first-order chi connectivity index (χ1) is 21.3. The van der Waals surface area contributed by atoms with Gasteiger partial charge in [0.25, 0.3) is 5.91 Å². The van der Waals surface area contributed by atoms with Gasteiger partial charge < -0.3 is 15.2 Å². The van der Waals surface area contributed by atoms with Crippen LogP contribution in [0.5, 0.6) is 0 Å². The molecule has 0 aromatic heterocycles. The van der Waals surface area contributed by atoms with Gasteiger partial charge in [-0.05, 0) is 97.3 Å². The van der Waals surface area contributed by atoms with Crippen molar-refractivity contribution in [3.63, 3.8) is 0 Å². The molecule has 0 saturated heterocycles. The first-order valence-corrected chi connectivity index (χ1v) is 18.2. The van der Waals surface area contributed by atoms with Gasteiger partial charge in [0.05, 0.1) is 6.61 Å². The van der Waals surface area contributed by atoms with Crippen LogP contribution >= 0.6 is 11.8 Å². The van der Waals surface area contributed by atoms with E-state index < -0.39 is 12.0 Å². The number of aryl methyl sites for hydroxylation is 1. The molecular formula is C38H58N2O4S. The summed E-state index contributed by atoms with van der Waals surface area (Å²) < 4.78 is 6.34. The summed E-state index contributed by atoms with van der Waals surface area (Å²) in [6, 6.07) is 14.3. The standard InChI is InChI=1S/C37H54N2O4S.CH4/c1-26(2)18-20-43-25-31(22-28-11-6-5-7-12-28)39(30-15-16-30)24-29-14-17-33(34(23-29)32-13-9-8-10-27(32)3)36(40)38-35(37(41)42)19-21-44-4;/h8-10,13-14,17,23,26,28,30-31,35H,5-7,11-12,15-16,18-22,24-25H2,1-4H3,(H,38,40)(H,41,42);1H4/t31-,35+;/m1./s1. The van der Waals surface area contributed by atoms with Gasteiger partial charge in [-0.2, -0.15) is 11.8 Å². The number of hydrogen-bond acceptors (Lipinski definition) is 5. The molecule has 2 aliphatic carbocycles. The zero-order chi connectivity index (χ0) is 31.5. The number of nitrogens with zero attached hydrogens (tertiary/aromatic N) is 1. The molecule has 2 saturated carbocycles. The van der Waals surface area contributed by atoms with Crippen molar-refractivity contribution >= 4 is 23.6 Å². The molecule has 0 spiro atoms. The van der Waals surface area contributed by atoms with Gasteiger partial charge in [0.1, 0.15) is 6.04 Å². The number of carboxylic acids is 1. The molecule has 2 aromatic carbocycles. The van der Waals surface area contributed by atoms with E-state index in [0.717, 1.165) is 48.8 Å². The minimum atomic E-state index is -0.999. The lowest BCUT2D eigenvalue weighted by Gasteiger charge is -2.35. The number of carbonyl (C=O) groups excluding carboxylic acids is 1. The maximum atomic E-state index is 13.6. The molecule has 7 heteroatoms. The maximum Gasteiger partial charge on any atom is 0.326 e. The van der Waals surface area contributed by atoms with Crippen LogP contribution in [0.15, 0.2) is 42.5 Å². The highest BCUT2D eigenvalue weighted by molar-refractivity contribution is 7.98. The summed E-state index contributed by atoms with van der Waals surface area (Å²) in [6.45, 7) is 8.97. The van der Waals surface area contributed by atoms with E-state index in [1.807, 2.05) is 24.5 Å². The molecule has 0 bridgehead atoms. The molecule has 0 unspecified atom stereocenters. The minimum absolute atomic E-state index is 0. The molecule has 250 valence electrons. The molecule has 0 aliphatic heterocycles. The van der Waals surface area contributed by atoms with E-state index in [-0.39, 0.29) is 13.3 Å². The molecule has 0 heterocycles. The fourth-order valence-corrected chi connectivity index (χ4v) is 7.00. The summed E-state index contributed by atoms with van der Waals surface area (Å²) in [5.74, 6) is 0.738. The number of ether oxygens (including phenoxy) is 1. The van der Waals surface area contributed by atoms with E-state index in [2.05, 4.69) is 55.3 Å². The van der Waals surface area contributed by atoms with Crippen molar-refractivity contribution in [1.82, 2.24) is 10.2 Å². The number of amides is 1. The number of aliphatic carboxylic acids is 1. The van der Waals surface area contributed by atoms with Crippen LogP contribution < -0.4 is 5.32 Å². The van der Waals surface area contributed by atoms with E-state index in [9.17, 15) is 14.7 Å². The van der Waals surface area contributed by atoms with Crippen LogP contribution in [0.4, 0.5) is 0 Å². The van der Waals surface area contributed by atoms with Crippen molar-refractivity contribution in [2.75, 3.05) is 25.2 Å². The molecule has 2 N–H and O–H groups in total. The molecule has 2 atom stereocenters. The van der Waals surface area contributed by atoms with E-state index in [4.69, 9.17) is 4.74 Å². The smallest absolute Gasteiger partial charge is 0.326 e. The largest absolute Gasteiger partial charge is 0.480 e. The Morgan fingerprint density at radius 2 is 1.76 bits per heavy atom. The average molecular weight is 639 g/mol. The molecule has 0 radical (unpaired) electrons. The Bertz CT molecular complexity index is 1210. The van der Waals surface area contributed by atoms with Gasteiger partial charge in [0.2, 0.25) is 0 Å². The highest BCUT2D eigenvalue weighted by Crippen LogP contribution is 2.36. The van der Waals surface area contributed by atoms with Crippen LogP contribution in [0.25, 0.3) is 11.1 Å². The first-order valence-electron chi connectivity index (χ1n) is 16.8. The first kappa shape index (κ1) is 37.1. The molecular weight excluding hydrogens is 580 g/mol. The number of hydrogen-bond donors (Lipinski definition) is 2. The van der Waals surface area contributed by atoms with Gasteiger partial charge in [-0.15, -0.1) is 0 Å². The third kappa shape index (κ3) is 11.4. The zero-order valence-corrected chi connectivity index (χ0v) is 28.2. The number of rotatable bonds is 18. The zero-order valence-electron chi connectivity index (χ0n) is 27.4. The van der Waals surface area contributed by atoms with Crippen molar-refractivity contribution < 1.29 is 19.4 Å². The van der Waals surface area contributed by atoms with Gasteiger partial charge in [-0.3, -0.25) is 9.69 Å². The summed E-state index contributed by atoms with van der Waals surface area (Å²) in [4.78, 5) is 28.2. The van der Waals surface area contributed by atoms with Gasteiger partial charge in [0.15, 0.2) is 0 Å². The van der Waals surface area contributed by atoms with Crippen molar-refractivity contribution in [2.45, 2.75) is 117 Å². The van der Waals surface area contributed by atoms with Crippen molar-refractivity contribution in [1.29, 1.82) is 0 Å². The Kier molecular flexibility index (Phi) is 15.4. The molecule has 2 aliphatic rings. The number of carboxylic acid groups (broad SMARTS) is 1. The topological polar surface area (TPSA) is 78.9 Å². The molecule has 2 fully saturated rings. The van der Waals surface area contributed by atoms with Crippen LogP contribution in [0.1, 0.15) is 107 Å². The third-order valence-corrected chi connectivity index (χ3v) is 9.95. The number of benzene rings is 2. The van der Waals surface area contributed by atoms with Crippen LogP contribution in [-0.4, -0.2) is 65.2 Å². The van der Waals surface area contributed by atoms with Gasteiger partial charge in [0, 0.05) is 30.8 Å². The monoisotopic (exact) mass is 638 g/mol. The quantitative estimate of drug-likeness (QED) is 0.159. The number of thioether (sulfide) groups is 1. The van der Waals surface area contributed by atoms with Gasteiger partial charge in [-0.25, -0.2) is 4.79 Å². The van der Waals surface area contributed by atoms with E-state index >= 15 is 0 Å². The Morgan fingerprint density at radius 3 is 2.40 bits per heavy atom. The second-order valence-corrected chi connectivity index (χ2v) is 14.4. The van der Waals surface area contributed by atoms with Crippen molar-refractivity contribution in [3.8, 4) is 11.1 Å². The van der Waals surface area contributed by atoms with Crippen LogP contribution in [0.2, 0.25) is 0 Å². The van der Waals surface area contributed by atoms with Crippen molar-refractivity contribution in [3.05, 3.63) is 59.2 Å². The predicted molar refractivity (Wildman–Crippen MR) is 189 cm³/mol. The van der Waals surface area contributed by atoms with Crippen LogP contribution in [-0.2, 0) is 16.1 Å². The SMILES string of the molecule is C.CSCC[C@H](NC(=O)c1ccc(CN(C2CC2)[C@@H](COCCC(C)C)CC2CCCCC2)cc1-c1ccccc1C)C(=O)O. The van der Waals surface area contributed by atoms with Gasteiger partial charge >= 0.3 is 5.97 Å². The number of nitrogens with one attached hydrogen (secondary N) is 1.